The van der Waals surface area contributed by atoms with Gasteiger partial charge in [-0.1, -0.05) is 0 Å². The van der Waals surface area contributed by atoms with Gasteiger partial charge in [-0.15, -0.1) is 0 Å². The summed E-state index contributed by atoms with van der Waals surface area (Å²) in [6.07, 6.45) is 4.79. The first kappa shape index (κ1) is 13.9. The molecule has 1 amide bonds. The van der Waals surface area contributed by atoms with E-state index in [1.54, 1.807) is 18.2 Å². The number of carboxylic acid groups (broad SMARTS) is 1. The summed E-state index contributed by atoms with van der Waals surface area (Å²) in [6, 6.07) is 3.43. The SMILES string of the molecule is O=C(/C=C/c1ccc(Br)o1)N[C@H]1CC[C@@H](C(=O)O)C1. The topological polar surface area (TPSA) is 79.5 Å². The van der Waals surface area contributed by atoms with Crippen LogP contribution >= 0.6 is 15.9 Å². The van der Waals surface area contributed by atoms with Crippen molar-refractivity contribution in [2.45, 2.75) is 25.3 Å². The first-order valence-electron chi connectivity index (χ1n) is 6.01. The van der Waals surface area contributed by atoms with Crippen LogP contribution in [0.4, 0.5) is 0 Å². The molecule has 1 heterocycles. The van der Waals surface area contributed by atoms with Crippen molar-refractivity contribution < 1.29 is 19.1 Å². The van der Waals surface area contributed by atoms with E-state index < -0.39 is 5.97 Å². The molecule has 1 aromatic rings. The number of rotatable bonds is 4. The summed E-state index contributed by atoms with van der Waals surface area (Å²) in [5.74, 6) is -0.775. The largest absolute Gasteiger partial charge is 0.481 e. The van der Waals surface area contributed by atoms with E-state index in [4.69, 9.17) is 9.52 Å². The summed E-state index contributed by atoms with van der Waals surface area (Å²) >= 11 is 3.17. The fourth-order valence-corrected chi connectivity index (χ4v) is 2.48. The molecule has 0 aromatic carbocycles. The number of amides is 1. The van der Waals surface area contributed by atoms with Crippen molar-refractivity contribution in [2.75, 3.05) is 0 Å². The Bertz CT molecular complexity index is 508. The van der Waals surface area contributed by atoms with Crippen LogP contribution in [0.15, 0.2) is 27.3 Å². The number of hydrogen-bond acceptors (Lipinski definition) is 3. The molecule has 1 saturated carbocycles. The molecular weight excluding hydrogens is 314 g/mol. The average Bonchev–Trinajstić information content (AvgIpc) is 2.96. The molecule has 2 N–H and O–H groups in total. The van der Waals surface area contributed by atoms with Crippen LogP contribution in [0.3, 0.4) is 0 Å². The first-order chi connectivity index (χ1) is 9.04. The lowest BCUT2D eigenvalue weighted by molar-refractivity contribution is -0.141. The van der Waals surface area contributed by atoms with E-state index in [1.165, 1.54) is 6.08 Å². The Morgan fingerprint density at radius 1 is 1.42 bits per heavy atom. The van der Waals surface area contributed by atoms with E-state index in [2.05, 4.69) is 21.2 Å². The number of nitrogens with one attached hydrogen (secondary N) is 1. The maximum atomic E-state index is 11.7. The Balaban J connectivity index is 1.82. The Kier molecular flexibility index (Phi) is 4.42. The van der Waals surface area contributed by atoms with Crippen LogP contribution in [0, 0.1) is 5.92 Å². The molecule has 0 spiro atoms. The minimum atomic E-state index is -0.785. The molecule has 19 heavy (non-hydrogen) atoms. The second kappa shape index (κ2) is 6.06. The zero-order valence-electron chi connectivity index (χ0n) is 10.1. The number of furan rings is 1. The fraction of sp³-hybridized carbons (Fsp3) is 0.385. The van der Waals surface area contributed by atoms with Gasteiger partial charge in [-0.25, -0.2) is 0 Å². The number of hydrogen-bond donors (Lipinski definition) is 2. The van der Waals surface area contributed by atoms with Crippen molar-refractivity contribution in [2.24, 2.45) is 5.92 Å². The Labute approximate surface area is 118 Å². The summed E-state index contributed by atoms with van der Waals surface area (Å²) in [5, 5.41) is 11.7. The van der Waals surface area contributed by atoms with E-state index >= 15 is 0 Å². The highest BCUT2D eigenvalue weighted by atomic mass is 79.9. The minimum absolute atomic E-state index is 0.0541. The molecule has 102 valence electrons. The molecule has 0 aliphatic heterocycles. The predicted octanol–water partition coefficient (Wildman–Crippen LogP) is 2.42. The smallest absolute Gasteiger partial charge is 0.306 e. The lowest BCUT2D eigenvalue weighted by atomic mass is 10.1. The van der Waals surface area contributed by atoms with Crippen LogP contribution in [0.1, 0.15) is 25.0 Å². The fourth-order valence-electron chi connectivity index (χ4n) is 2.16. The van der Waals surface area contributed by atoms with Crippen LogP contribution in [-0.4, -0.2) is 23.0 Å². The van der Waals surface area contributed by atoms with Crippen molar-refractivity contribution >= 4 is 33.9 Å². The number of carboxylic acids is 1. The molecule has 1 aliphatic carbocycles. The van der Waals surface area contributed by atoms with Crippen molar-refractivity contribution in [1.29, 1.82) is 0 Å². The number of carbonyl (C=O) groups is 2. The highest BCUT2D eigenvalue weighted by Gasteiger charge is 2.30. The maximum Gasteiger partial charge on any atom is 0.306 e. The van der Waals surface area contributed by atoms with Crippen LogP contribution in [0.5, 0.6) is 0 Å². The predicted molar refractivity (Wildman–Crippen MR) is 72.3 cm³/mol. The van der Waals surface area contributed by atoms with Gasteiger partial charge in [-0.05, 0) is 53.4 Å². The molecule has 0 unspecified atom stereocenters. The maximum absolute atomic E-state index is 11.7. The van der Waals surface area contributed by atoms with Gasteiger partial charge in [0, 0.05) is 12.1 Å². The average molecular weight is 328 g/mol. The van der Waals surface area contributed by atoms with Crippen molar-refractivity contribution in [3.8, 4) is 0 Å². The quantitative estimate of drug-likeness (QED) is 0.832. The van der Waals surface area contributed by atoms with Gasteiger partial charge in [0.1, 0.15) is 5.76 Å². The van der Waals surface area contributed by atoms with Gasteiger partial charge in [0.15, 0.2) is 4.67 Å². The standard InChI is InChI=1S/C13H14BrNO4/c14-11-5-3-10(19-11)4-6-12(16)15-9-2-1-8(7-9)13(17)18/h3-6,8-9H,1-2,7H2,(H,15,16)(H,17,18)/b6-4+/t8-,9+/m1/s1. The van der Waals surface area contributed by atoms with Gasteiger partial charge in [-0.3, -0.25) is 9.59 Å². The monoisotopic (exact) mass is 327 g/mol. The van der Waals surface area contributed by atoms with Crippen LogP contribution in [0.25, 0.3) is 6.08 Å². The molecule has 2 rings (SSSR count). The van der Waals surface area contributed by atoms with Crippen LogP contribution in [0.2, 0.25) is 0 Å². The number of halogens is 1. The summed E-state index contributed by atoms with van der Waals surface area (Å²) < 4.78 is 5.83. The van der Waals surface area contributed by atoms with E-state index in [1.807, 2.05) is 0 Å². The lowest BCUT2D eigenvalue weighted by Crippen LogP contribution is -2.31. The molecule has 5 nitrogen and oxygen atoms in total. The summed E-state index contributed by atoms with van der Waals surface area (Å²) in [4.78, 5) is 22.5. The highest BCUT2D eigenvalue weighted by Crippen LogP contribution is 2.25. The van der Waals surface area contributed by atoms with Crippen molar-refractivity contribution in [1.82, 2.24) is 5.32 Å². The van der Waals surface area contributed by atoms with Gasteiger partial charge >= 0.3 is 5.97 Å². The molecule has 1 fully saturated rings. The Morgan fingerprint density at radius 3 is 2.79 bits per heavy atom. The Morgan fingerprint density at radius 2 is 2.21 bits per heavy atom. The Hall–Kier alpha value is -1.56. The third-order valence-electron chi connectivity index (χ3n) is 3.12. The summed E-state index contributed by atoms with van der Waals surface area (Å²) in [5.41, 5.74) is 0. The van der Waals surface area contributed by atoms with E-state index in [0.29, 0.717) is 29.7 Å². The molecule has 0 saturated heterocycles. The first-order valence-corrected chi connectivity index (χ1v) is 6.80. The molecule has 0 bridgehead atoms. The molecular formula is C13H14BrNO4. The molecule has 1 aliphatic rings. The highest BCUT2D eigenvalue weighted by molar-refractivity contribution is 9.10. The van der Waals surface area contributed by atoms with Gasteiger partial charge in [0.05, 0.1) is 5.92 Å². The van der Waals surface area contributed by atoms with E-state index in [0.717, 1.165) is 0 Å². The molecule has 6 heteroatoms. The summed E-state index contributed by atoms with van der Waals surface area (Å²) in [6.45, 7) is 0. The van der Waals surface area contributed by atoms with Crippen molar-refractivity contribution in [3.05, 3.63) is 28.6 Å². The molecule has 2 atom stereocenters. The zero-order chi connectivity index (χ0) is 13.8. The van der Waals surface area contributed by atoms with Gasteiger partial charge in [-0.2, -0.15) is 0 Å². The normalized spacial score (nSPS) is 22.8. The molecule has 1 aromatic heterocycles. The third-order valence-corrected chi connectivity index (χ3v) is 3.55. The van der Waals surface area contributed by atoms with Gasteiger partial charge in [0.25, 0.3) is 0 Å². The zero-order valence-corrected chi connectivity index (χ0v) is 11.7. The van der Waals surface area contributed by atoms with Gasteiger partial charge in [0.2, 0.25) is 5.91 Å². The third kappa shape index (κ3) is 3.96. The van der Waals surface area contributed by atoms with Crippen LogP contribution < -0.4 is 5.32 Å². The summed E-state index contributed by atoms with van der Waals surface area (Å²) in [7, 11) is 0. The van der Waals surface area contributed by atoms with Crippen LogP contribution in [-0.2, 0) is 9.59 Å². The molecule has 0 radical (unpaired) electrons. The number of carbonyl (C=O) groups excluding carboxylic acids is 1. The van der Waals surface area contributed by atoms with Gasteiger partial charge < -0.3 is 14.8 Å². The minimum Gasteiger partial charge on any atom is -0.481 e. The number of aliphatic carboxylic acids is 1. The second-order valence-electron chi connectivity index (χ2n) is 4.53. The van der Waals surface area contributed by atoms with Crippen molar-refractivity contribution in [3.63, 3.8) is 0 Å². The second-order valence-corrected chi connectivity index (χ2v) is 5.31. The van der Waals surface area contributed by atoms with E-state index in [9.17, 15) is 9.59 Å². The van der Waals surface area contributed by atoms with E-state index in [-0.39, 0.29) is 17.9 Å². The lowest BCUT2D eigenvalue weighted by Gasteiger charge is -2.09.